The summed E-state index contributed by atoms with van der Waals surface area (Å²) in [5.74, 6) is -0.921. The van der Waals surface area contributed by atoms with E-state index < -0.39 is 10.9 Å². The van der Waals surface area contributed by atoms with Gasteiger partial charge >= 0.3 is 5.97 Å². The Morgan fingerprint density at radius 1 is 1.50 bits per heavy atom. The highest BCUT2D eigenvalue weighted by Gasteiger charge is 2.27. The van der Waals surface area contributed by atoms with Crippen LogP contribution in [-0.4, -0.2) is 22.0 Å². The average Bonchev–Trinajstić information content (AvgIpc) is 2.28. The fraction of sp³-hybridized carbons (Fsp3) is 0.462. The third kappa shape index (κ3) is 4.38. The van der Waals surface area contributed by atoms with Crippen LogP contribution in [0.2, 0.25) is 5.02 Å². The van der Waals surface area contributed by atoms with Gasteiger partial charge in [0.2, 0.25) is 0 Å². The van der Waals surface area contributed by atoms with Gasteiger partial charge in [-0.05, 0) is 11.5 Å². The summed E-state index contributed by atoms with van der Waals surface area (Å²) in [7, 11) is 0. The minimum absolute atomic E-state index is 0.0726. The number of hydrogen-bond acceptors (Lipinski definition) is 4. The summed E-state index contributed by atoms with van der Waals surface area (Å²) in [6.07, 6.45) is -0.0726. The van der Waals surface area contributed by atoms with Crippen LogP contribution in [0, 0.1) is 15.5 Å². The Labute approximate surface area is 121 Å². The molecule has 1 aromatic rings. The predicted octanol–water partition coefficient (Wildman–Crippen LogP) is 3.55. The minimum Gasteiger partial charge on any atom is -0.481 e. The topological polar surface area (TPSA) is 92.5 Å². The average molecular weight is 301 g/mol. The number of rotatable bonds is 5. The van der Waals surface area contributed by atoms with Gasteiger partial charge in [-0.2, -0.15) is 0 Å². The van der Waals surface area contributed by atoms with E-state index in [1.54, 1.807) is 0 Å². The molecular formula is C13H17ClN2O4. The Bertz CT molecular complexity index is 526. The smallest absolute Gasteiger partial charge is 0.305 e. The summed E-state index contributed by atoms with van der Waals surface area (Å²) in [5, 5.41) is 22.8. The lowest BCUT2D eigenvalue weighted by atomic mass is 9.84. The Balaban J connectivity index is 3.00. The van der Waals surface area contributed by atoms with Crippen molar-refractivity contribution in [3.05, 3.63) is 33.3 Å². The number of halogens is 1. The molecular weight excluding hydrogens is 284 g/mol. The third-order valence-electron chi connectivity index (χ3n) is 2.92. The molecule has 1 aromatic carbocycles. The van der Waals surface area contributed by atoms with Crippen LogP contribution in [0.3, 0.4) is 0 Å². The number of carboxylic acids is 1. The molecule has 0 amide bonds. The number of anilines is 1. The second-order valence-electron chi connectivity index (χ2n) is 5.58. The number of nitrogens with one attached hydrogen (secondary N) is 1. The van der Waals surface area contributed by atoms with Crippen molar-refractivity contribution >= 4 is 28.9 Å². The molecule has 2 N–H and O–H groups in total. The first-order valence-electron chi connectivity index (χ1n) is 6.03. The van der Waals surface area contributed by atoms with Gasteiger partial charge in [0, 0.05) is 18.2 Å². The molecule has 20 heavy (non-hydrogen) atoms. The van der Waals surface area contributed by atoms with Gasteiger partial charge in [0.15, 0.2) is 0 Å². The van der Waals surface area contributed by atoms with Gasteiger partial charge in [0.05, 0.1) is 22.1 Å². The van der Waals surface area contributed by atoms with Crippen LogP contribution in [0.1, 0.15) is 27.2 Å². The summed E-state index contributed by atoms with van der Waals surface area (Å²) < 4.78 is 0. The first-order chi connectivity index (χ1) is 9.11. The number of benzene rings is 1. The summed E-state index contributed by atoms with van der Waals surface area (Å²) >= 11 is 5.99. The van der Waals surface area contributed by atoms with Gasteiger partial charge in [-0.1, -0.05) is 32.4 Å². The SMILES string of the molecule is CC(C)(C)C(CC(=O)O)Nc1ccc([N+](=O)[O-])cc1Cl. The molecule has 0 saturated carbocycles. The lowest BCUT2D eigenvalue weighted by molar-refractivity contribution is -0.384. The van der Waals surface area contributed by atoms with Crippen LogP contribution < -0.4 is 5.32 Å². The van der Waals surface area contributed by atoms with E-state index in [2.05, 4.69) is 5.32 Å². The summed E-state index contributed by atoms with van der Waals surface area (Å²) in [5.41, 5.74) is 0.0771. The zero-order valence-corrected chi connectivity index (χ0v) is 12.3. The highest BCUT2D eigenvalue weighted by Crippen LogP contribution is 2.31. The van der Waals surface area contributed by atoms with Crippen LogP contribution in [0.4, 0.5) is 11.4 Å². The van der Waals surface area contributed by atoms with Gasteiger partial charge < -0.3 is 10.4 Å². The highest BCUT2D eigenvalue weighted by atomic mass is 35.5. The molecule has 0 saturated heterocycles. The molecule has 0 fully saturated rings. The molecule has 0 spiro atoms. The van der Waals surface area contributed by atoms with Crippen molar-refractivity contribution < 1.29 is 14.8 Å². The zero-order valence-electron chi connectivity index (χ0n) is 11.5. The maximum atomic E-state index is 10.9. The van der Waals surface area contributed by atoms with E-state index in [9.17, 15) is 14.9 Å². The van der Waals surface area contributed by atoms with E-state index in [1.165, 1.54) is 18.2 Å². The number of carbonyl (C=O) groups is 1. The predicted molar refractivity (Wildman–Crippen MR) is 77.2 cm³/mol. The highest BCUT2D eigenvalue weighted by molar-refractivity contribution is 6.33. The minimum atomic E-state index is -0.921. The van der Waals surface area contributed by atoms with Crippen molar-refractivity contribution in [2.75, 3.05) is 5.32 Å². The molecule has 0 aromatic heterocycles. The Hall–Kier alpha value is -1.82. The van der Waals surface area contributed by atoms with Crippen molar-refractivity contribution in [3.63, 3.8) is 0 Å². The summed E-state index contributed by atoms with van der Waals surface area (Å²) in [6.45, 7) is 5.73. The van der Waals surface area contributed by atoms with Crippen molar-refractivity contribution in [2.45, 2.75) is 33.2 Å². The molecule has 7 heteroatoms. The first-order valence-corrected chi connectivity index (χ1v) is 6.41. The number of carboxylic acid groups (broad SMARTS) is 1. The maximum Gasteiger partial charge on any atom is 0.305 e. The van der Waals surface area contributed by atoms with Crippen molar-refractivity contribution in [1.82, 2.24) is 0 Å². The van der Waals surface area contributed by atoms with Crippen LogP contribution >= 0.6 is 11.6 Å². The molecule has 6 nitrogen and oxygen atoms in total. The summed E-state index contributed by atoms with van der Waals surface area (Å²) in [6, 6.07) is 3.71. The monoisotopic (exact) mass is 300 g/mol. The van der Waals surface area contributed by atoms with Gasteiger partial charge in [-0.3, -0.25) is 14.9 Å². The Morgan fingerprint density at radius 3 is 2.50 bits per heavy atom. The molecule has 110 valence electrons. The largest absolute Gasteiger partial charge is 0.481 e. The maximum absolute atomic E-state index is 10.9. The number of hydrogen-bond donors (Lipinski definition) is 2. The number of aliphatic carboxylic acids is 1. The molecule has 0 aliphatic rings. The van der Waals surface area contributed by atoms with Gasteiger partial charge in [-0.25, -0.2) is 0 Å². The second-order valence-corrected chi connectivity index (χ2v) is 5.99. The van der Waals surface area contributed by atoms with E-state index in [0.29, 0.717) is 5.69 Å². The normalized spacial score (nSPS) is 12.8. The fourth-order valence-corrected chi connectivity index (χ4v) is 1.90. The van der Waals surface area contributed by atoms with Crippen LogP contribution in [0.15, 0.2) is 18.2 Å². The number of nitro benzene ring substituents is 1. The lowest BCUT2D eigenvalue weighted by Gasteiger charge is -2.31. The van der Waals surface area contributed by atoms with Gasteiger partial charge in [0.1, 0.15) is 0 Å². The molecule has 0 bridgehead atoms. The molecule has 0 aliphatic heterocycles. The first kappa shape index (κ1) is 16.2. The molecule has 1 atom stereocenters. The molecule has 1 unspecified atom stereocenters. The molecule has 1 rings (SSSR count). The van der Waals surface area contributed by atoms with E-state index >= 15 is 0 Å². The van der Waals surface area contributed by atoms with E-state index in [-0.39, 0.29) is 28.6 Å². The summed E-state index contributed by atoms with van der Waals surface area (Å²) in [4.78, 5) is 21.0. The Morgan fingerprint density at radius 2 is 2.10 bits per heavy atom. The van der Waals surface area contributed by atoms with Gasteiger partial charge in [0.25, 0.3) is 5.69 Å². The van der Waals surface area contributed by atoms with E-state index in [1.807, 2.05) is 20.8 Å². The standard InChI is InChI=1S/C13H17ClN2O4/c1-13(2,3)11(7-12(17)18)15-10-5-4-8(16(19)20)6-9(10)14/h4-6,11,15H,7H2,1-3H3,(H,17,18). The number of non-ortho nitro benzene ring substituents is 1. The third-order valence-corrected chi connectivity index (χ3v) is 3.23. The van der Waals surface area contributed by atoms with Crippen molar-refractivity contribution in [3.8, 4) is 0 Å². The Kier molecular flexibility index (Phi) is 4.94. The van der Waals surface area contributed by atoms with Crippen LogP contribution in [-0.2, 0) is 4.79 Å². The van der Waals surface area contributed by atoms with Crippen LogP contribution in [0.25, 0.3) is 0 Å². The van der Waals surface area contributed by atoms with E-state index in [0.717, 1.165) is 0 Å². The fourth-order valence-electron chi connectivity index (χ4n) is 1.67. The second kappa shape index (κ2) is 6.09. The molecule has 0 radical (unpaired) electrons. The van der Waals surface area contributed by atoms with Crippen molar-refractivity contribution in [2.24, 2.45) is 5.41 Å². The van der Waals surface area contributed by atoms with E-state index in [4.69, 9.17) is 16.7 Å². The lowest BCUT2D eigenvalue weighted by Crippen LogP contribution is -2.36. The number of nitro groups is 1. The quantitative estimate of drug-likeness (QED) is 0.641. The van der Waals surface area contributed by atoms with Gasteiger partial charge in [-0.15, -0.1) is 0 Å². The number of nitrogens with zero attached hydrogens (tertiary/aromatic N) is 1. The molecule has 0 heterocycles. The van der Waals surface area contributed by atoms with Crippen LogP contribution in [0.5, 0.6) is 0 Å². The van der Waals surface area contributed by atoms with Crippen molar-refractivity contribution in [1.29, 1.82) is 0 Å². The zero-order chi connectivity index (χ0) is 15.5. The molecule has 0 aliphatic carbocycles.